The van der Waals surface area contributed by atoms with Crippen LogP contribution < -0.4 is 4.74 Å². The van der Waals surface area contributed by atoms with E-state index in [4.69, 9.17) is 11.6 Å². The van der Waals surface area contributed by atoms with Crippen molar-refractivity contribution in [3.63, 3.8) is 0 Å². The molecule has 0 heterocycles. The molecule has 0 radical (unpaired) electrons. The van der Waals surface area contributed by atoms with Gasteiger partial charge in [0.15, 0.2) is 5.78 Å². The van der Waals surface area contributed by atoms with E-state index in [1.807, 2.05) is 0 Å². The van der Waals surface area contributed by atoms with Gasteiger partial charge in [0, 0.05) is 5.02 Å². The van der Waals surface area contributed by atoms with Crippen LogP contribution in [0.2, 0.25) is 5.02 Å². The van der Waals surface area contributed by atoms with Crippen molar-refractivity contribution in [2.45, 2.75) is 6.36 Å². The smallest absolute Gasteiger partial charge is 0.405 e. The maximum Gasteiger partial charge on any atom is 0.573 e. The van der Waals surface area contributed by atoms with E-state index in [9.17, 15) is 18.0 Å². The zero-order chi connectivity index (χ0) is 12.3. The lowest BCUT2D eigenvalue weighted by molar-refractivity contribution is -0.274. The minimum absolute atomic E-state index is 0.0605. The molecule has 0 aliphatic rings. The lowest BCUT2D eigenvalue weighted by Gasteiger charge is -2.12. The van der Waals surface area contributed by atoms with Gasteiger partial charge in [-0.1, -0.05) is 27.5 Å². The Bertz CT molecular complexity index is 406. The fourth-order valence-electron chi connectivity index (χ4n) is 1.01. The predicted molar refractivity (Wildman–Crippen MR) is 56.3 cm³/mol. The summed E-state index contributed by atoms with van der Waals surface area (Å²) in [4.78, 5) is 11.3. The van der Waals surface area contributed by atoms with Crippen LogP contribution in [0.25, 0.3) is 0 Å². The molecular weight excluding hydrogens is 312 g/mol. The monoisotopic (exact) mass is 316 g/mol. The van der Waals surface area contributed by atoms with E-state index in [0.717, 1.165) is 6.07 Å². The first-order chi connectivity index (χ1) is 7.33. The minimum Gasteiger partial charge on any atom is -0.405 e. The Labute approximate surface area is 102 Å². The largest absolute Gasteiger partial charge is 0.573 e. The third-order valence-electron chi connectivity index (χ3n) is 1.59. The second-order valence-corrected chi connectivity index (χ2v) is 3.74. The topological polar surface area (TPSA) is 26.3 Å². The molecule has 1 rings (SSSR count). The Morgan fingerprint density at radius 3 is 2.56 bits per heavy atom. The molecule has 1 aromatic rings. The van der Waals surface area contributed by atoms with Gasteiger partial charge in [0.05, 0.1) is 10.9 Å². The highest BCUT2D eigenvalue weighted by Gasteiger charge is 2.32. The molecule has 0 fully saturated rings. The lowest BCUT2D eigenvalue weighted by atomic mass is 10.1. The van der Waals surface area contributed by atoms with Crippen molar-refractivity contribution in [3.05, 3.63) is 28.8 Å². The number of benzene rings is 1. The predicted octanol–water partition coefficient (Wildman–Crippen LogP) is 3.82. The number of ether oxygens (including phenoxy) is 1. The SMILES string of the molecule is O=C(CBr)c1ccc(Cl)cc1OC(F)(F)F. The molecule has 2 nitrogen and oxygen atoms in total. The Hall–Kier alpha value is -0.750. The van der Waals surface area contributed by atoms with Gasteiger partial charge in [0.2, 0.25) is 0 Å². The van der Waals surface area contributed by atoms with Gasteiger partial charge in [-0.2, -0.15) is 0 Å². The van der Waals surface area contributed by atoms with Crippen LogP contribution >= 0.6 is 27.5 Å². The van der Waals surface area contributed by atoms with E-state index >= 15 is 0 Å². The van der Waals surface area contributed by atoms with Gasteiger partial charge in [-0.3, -0.25) is 4.79 Å². The number of rotatable bonds is 3. The molecule has 1 aromatic carbocycles. The molecule has 0 unspecified atom stereocenters. The van der Waals surface area contributed by atoms with Gasteiger partial charge in [0.1, 0.15) is 5.75 Å². The van der Waals surface area contributed by atoms with Crippen LogP contribution in [0.1, 0.15) is 10.4 Å². The third kappa shape index (κ3) is 3.68. The molecule has 0 amide bonds. The molecule has 0 aliphatic carbocycles. The van der Waals surface area contributed by atoms with Gasteiger partial charge in [-0.25, -0.2) is 0 Å². The highest BCUT2D eigenvalue weighted by atomic mass is 79.9. The number of halogens is 5. The van der Waals surface area contributed by atoms with Gasteiger partial charge < -0.3 is 4.74 Å². The molecule has 7 heteroatoms. The summed E-state index contributed by atoms with van der Waals surface area (Å²) in [6, 6.07) is 3.46. The van der Waals surface area contributed by atoms with Crippen LogP contribution in [0.4, 0.5) is 13.2 Å². The van der Waals surface area contributed by atoms with Gasteiger partial charge >= 0.3 is 6.36 Å². The van der Waals surface area contributed by atoms with E-state index in [1.165, 1.54) is 12.1 Å². The molecule has 88 valence electrons. The fraction of sp³-hybridized carbons (Fsp3) is 0.222. The third-order valence-corrected chi connectivity index (χ3v) is 2.34. The van der Waals surface area contributed by atoms with E-state index in [2.05, 4.69) is 20.7 Å². The number of Topliss-reactive ketones (excluding diaryl/α,β-unsaturated/α-hetero) is 1. The van der Waals surface area contributed by atoms with E-state index in [-0.39, 0.29) is 15.9 Å². The normalized spacial score (nSPS) is 11.3. The minimum atomic E-state index is -4.86. The Morgan fingerprint density at radius 1 is 1.44 bits per heavy atom. The fourth-order valence-corrected chi connectivity index (χ4v) is 1.47. The molecule has 0 aliphatic heterocycles. The van der Waals surface area contributed by atoms with E-state index in [1.54, 1.807) is 0 Å². The van der Waals surface area contributed by atoms with Crippen LogP contribution in [0.5, 0.6) is 5.75 Å². The second-order valence-electron chi connectivity index (χ2n) is 2.75. The van der Waals surface area contributed by atoms with Crippen molar-refractivity contribution in [2.75, 3.05) is 5.33 Å². The number of hydrogen-bond donors (Lipinski definition) is 0. The van der Waals surface area contributed by atoms with Crippen molar-refractivity contribution >= 4 is 33.3 Å². The van der Waals surface area contributed by atoms with Crippen molar-refractivity contribution < 1.29 is 22.7 Å². The molecule has 0 spiro atoms. The summed E-state index contributed by atoms with van der Waals surface area (Å²) in [5.74, 6) is -1.11. The molecule has 0 aromatic heterocycles. The van der Waals surface area contributed by atoms with Crippen LogP contribution in [0, 0.1) is 0 Å². The number of hydrogen-bond acceptors (Lipinski definition) is 2. The summed E-state index contributed by atoms with van der Waals surface area (Å²) in [5.41, 5.74) is -0.168. The average Bonchev–Trinajstić information content (AvgIpc) is 2.14. The van der Waals surface area contributed by atoms with Crippen LogP contribution in [0.15, 0.2) is 18.2 Å². The standard InChI is InChI=1S/C9H5BrClF3O2/c10-4-7(15)6-2-1-5(11)3-8(6)16-9(12,13)14/h1-3H,4H2. The quantitative estimate of drug-likeness (QED) is 0.626. The molecule has 0 saturated heterocycles. The van der Waals surface area contributed by atoms with E-state index in [0.29, 0.717) is 0 Å². The maximum absolute atomic E-state index is 12.0. The molecular formula is C9H5BrClF3O2. The van der Waals surface area contributed by atoms with Crippen molar-refractivity contribution in [1.82, 2.24) is 0 Å². The average molecular weight is 317 g/mol. The zero-order valence-corrected chi connectivity index (χ0v) is 9.99. The summed E-state index contributed by atoms with van der Waals surface area (Å²) >= 11 is 8.39. The summed E-state index contributed by atoms with van der Waals surface area (Å²) in [6.07, 6.45) is -4.86. The second kappa shape index (κ2) is 5.05. The Kier molecular flexibility index (Phi) is 4.21. The number of carbonyl (C=O) groups excluding carboxylic acids is 1. The number of carbonyl (C=O) groups is 1. The molecule has 0 atom stereocenters. The maximum atomic E-state index is 12.0. The molecule has 0 bridgehead atoms. The highest BCUT2D eigenvalue weighted by Crippen LogP contribution is 2.29. The first-order valence-electron chi connectivity index (χ1n) is 3.98. The lowest BCUT2D eigenvalue weighted by Crippen LogP contribution is -2.19. The first kappa shape index (κ1) is 13.3. The van der Waals surface area contributed by atoms with Crippen molar-refractivity contribution in [3.8, 4) is 5.75 Å². The first-order valence-corrected chi connectivity index (χ1v) is 5.48. The Balaban J connectivity index is 3.13. The van der Waals surface area contributed by atoms with Crippen molar-refractivity contribution in [1.29, 1.82) is 0 Å². The van der Waals surface area contributed by atoms with Gasteiger partial charge in [-0.05, 0) is 18.2 Å². The molecule has 0 saturated carbocycles. The van der Waals surface area contributed by atoms with Gasteiger partial charge in [-0.15, -0.1) is 13.2 Å². The Morgan fingerprint density at radius 2 is 2.06 bits per heavy atom. The summed E-state index contributed by atoms with van der Waals surface area (Å²) in [6.45, 7) is 0. The summed E-state index contributed by atoms with van der Waals surface area (Å²) in [5, 5.41) is -0.0339. The summed E-state index contributed by atoms with van der Waals surface area (Å²) in [7, 11) is 0. The van der Waals surface area contributed by atoms with Crippen LogP contribution in [-0.4, -0.2) is 17.5 Å². The van der Waals surface area contributed by atoms with Gasteiger partial charge in [0.25, 0.3) is 0 Å². The summed E-state index contributed by atoms with van der Waals surface area (Å²) < 4.78 is 39.8. The van der Waals surface area contributed by atoms with E-state index < -0.39 is 17.9 Å². The molecule has 16 heavy (non-hydrogen) atoms. The van der Waals surface area contributed by atoms with Crippen molar-refractivity contribution in [2.24, 2.45) is 0 Å². The van der Waals surface area contributed by atoms with Crippen LogP contribution in [0.3, 0.4) is 0 Å². The number of ketones is 1. The highest BCUT2D eigenvalue weighted by molar-refractivity contribution is 9.09. The molecule has 0 N–H and O–H groups in total. The van der Waals surface area contributed by atoms with Crippen LogP contribution in [-0.2, 0) is 0 Å². The number of alkyl halides is 4. The zero-order valence-electron chi connectivity index (χ0n) is 7.65.